The van der Waals surface area contributed by atoms with Crippen LogP contribution in [0.2, 0.25) is 5.02 Å². The smallest absolute Gasteiger partial charge is 0.315 e. The van der Waals surface area contributed by atoms with E-state index in [2.05, 4.69) is 10.6 Å². The maximum Gasteiger partial charge on any atom is 0.315 e. The van der Waals surface area contributed by atoms with Gasteiger partial charge in [0, 0.05) is 25.3 Å². The first-order valence-electron chi connectivity index (χ1n) is 6.07. The number of benzene rings is 1. The van der Waals surface area contributed by atoms with E-state index in [9.17, 15) is 4.79 Å². The van der Waals surface area contributed by atoms with E-state index >= 15 is 0 Å². The van der Waals surface area contributed by atoms with Crippen molar-refractivity contribution in [3.63, 3.8) is 0 Å². The lowest BCUT2D eigenvalue weighted by Gasteiger charge is -2.19. The topological polar surface area (TPSA) is 70.6 Å². The Balaban J connectivity index is 2.65. The number of nitrogens with one attached hydrogen (secondary N) is 2. The molecule has 1 rings (SSSR count). The highest BCUT2D eigenvalue weighted by Crippen LogP contribution is 2.19. The number of carbonyl (C=O) groups is 1. The van der Waals surface area contributed by atoms with Gasteiger partial charge >= 0.3 is 6.03 Å². The van der Waals surface area contributed by atoms with Crippen molar-refractivity contribution in [2.45, 2.75) is 12.5 Å². The van der Waals surface area contributed by atoms with Crippen LogP contribution in [-0.2, 0) is 4.74 Å². The predicted octanol–water partition coefficient (Wildman–Crippen LogP) is 1.71. The van der Waals surface area contributed by atoms with E-state index in [1.807, 2.05) is 12.1 Å². The fourth-order valence-electron chi connectivity index (χ4n) is 1.63. The molecule has 0 aliphatic carbocycles. The second kappa shape index (κ2) is 8.74. The minimum atomic E-state index is -0.315. The molecule has 1 aromatic rings. The van der Waals surface area contributed by atoms with Crippen LogP contribution in [-0.4, -0.2) is 38.0 Å². The van der Waals surface area contributed by atoms with E-state index in [0.717, 1.165) is 5.56 Å². The van der Waals surface area contributed by atoms with E-state index in [1.165, 1.54) is 0 Å². The summed E-state index contributed by atoms with van der Waals surface area (Å²) in [6.45, 7) is 0.675. The number of aliphatic hydroxyl groups excluding tert-OH is 1. The summed E-state index contributed by atoms with van der Waals surface area (Å²) in [7, 11) is 1.62. The maximum absolute atomic E-state index is 11.6. The van der Waals surface area contributed by atoms with Crippen molar-refractivity contribution in [1.29, 1.82) is 0 Å². The van der Waals surface area contributed by atoms with E-state index in [4.69, 9.17) is 21.4 Å². The second-order valence-electron chi connectivity index (χ2n) is 4.01. The molecular formula is C13H19ClN2O3. The Morgan fingerprint density at radius 3 is 2.68 bits per heavy atom. The van der Waals surface area contributed by atoms with Crippen molar-refractivity contribution in [3.05, 3.63) is 34.9 Å². The molecule has 0 heterocycles. The van der Waals surface area contributed by atoms with Crippen LogP contribution >= 0.6 is 11.6 Å². The van der Waals surface area contributed by atoms with Crippen LogP contribution in [0.4, 0.5) is 4.79 Å². The number of hydrogen-bond acceptors (Lipinski definition) is 3. The summed E-state index contributed by atoms with van der Waals surface area (Å²) >= 11 is 5.84. The standard InChI is InChI=1S/C13H19ClN2O3/c1-19-9-6-12(16-13(18)15-7-8-17)10-2-4-11(14)5-3-10/h2-5,12,17H,6-9H2,1H3,(H2,15,16,18). The molecule has 5 nitrogen and oxygen atoms in total. The SMILES string of the molecule is COCCC(NC(=O)NCCO)c1ccc(Cl)cc1. The number of methoxy groups -OCH3 is 1. The molecular weight excluding hydrogens is 268 g/mol. The molecule has 0 radical (unpaired) electrons. The highest BCUT2D eigenvalue weighted by molar-refractivity contribution is 6.30. The number of halogens is 1. The number of aliphatic hydroxyl groups is 1. The zero-order chi connectivity index (χ0) is 14.1. The van der Waals surface area contributed by atoms with Crippen LogP contribution in [0.15, 0.2) is 24.3 Å². The number of urea groups is 1. The van der Waals surface area contributed by atoms with Gasteiger partial charge in [-0.05, 0) is 24.1 Å². The number of ether oxygens (including phenoxy) is 1. The maximum atomic E-state index is 11.6. The summed E-state index contributed by atoms with van der Waals surface area (Å²) in [6.07, 6.45) is 0.657. The molecule has 1 aromatic carbocycles. The molecule has 0 aliphatic rings. The highest BCUT2D eigenvalue weighted by Gasteiger charge is 2.14. The predicted molar refractivity (Wildman–Crippen MR) is 74.3 cm³/mol. The van der Waals surface area contributed by atoms with Crippen molar-refractivity contribution >= 4 is 17.6 Å². The van der Waals surface area contributed by atoms with Gasteiger partial charge in [-0.2, -0.15) is 0 Å². The van der Waals surface area contributed by atoms with Crippen molar-refractivity contribution in [2.24, 2.45) is 0 Å². The van der Waals surface area contributed by atoms with E-state index in [1.54, 1.807) is 19.2 Å². The van der Waals surface area contributed by atoms with Gasteiger partial charge in [0.25, 0.3) is 0 Å². The van der Waals surface area contributed by atoms with Gasteiger partial charge in [0.2, 0.25) is 0 Å². The van der Waals surface area contributed by atoms with Gasteiger partial charge in [0.05, 0.1) is 12.6 Å². The van der Waals surface area contributed by atoms with Crippen molar-refractivity contribution in [3.8, 4) is 0 Å². The Hall–Kier alpha value is -1.30. The van der Waals surface area contributed by atoms with Crippen LogP contribution in [0.25, 0.3) is 0 Å². The Kier molecular flexibility index (Phi) is 7.25. The molecule has 6 heteroatoms. The van der Waals surface area contributed by atoms with Crippen molar-refractivity contribution in [1.82, 2.24) is 10.6 Å². The fraction of sp³-hybridized carbons (Fsp3) is 0.462. The fourth-order valence-corrected chi connectivity index (χ4v) is 1.76. The third kappa shape index (κ3) is 5.92. The molecule has 0 saturated heterocycles. The van der Waals surface area contributed by atoms with Gasteiger partial charge in [-0.3, -0.25) is 0 Å². The van der Waals surface area contributed by atoms with Crippen LogP contribution in [0, 0.1) is 0 Å². The molecule has 0 bridgehead atoms. The lowest BCUT2D eigenvalue weighted by molar-refractivity contribution is 0.181. The molecule has 1 unspecified atom stereocenters. The Bertz CT molecular complexity index is 384. The first-order valence-corrected chi connectivity index (χ1v) is 6.44. The second-order valence-corrected chi connectivity index (χ2v) is 4.45. The molecule has 0 fully saturated rings. The molecule has 1 atom stereocenters. The van der Waals surface area contributed by atoms with Gasteiger partial charge in [0.1, 0.15) is 0 Å². The zero-order valence-corrected chi connectivity index (χ0v) is 11.6. The zero-order valence-electron chi connectivity index (χ0n) is 10.9. The van der Waals surface area contributed by atoms with Crippen molar-refractivity contribution < 1.29 is 14.6 Å². The van der Waals surface area contributed by atoms with E-state index in [-0.39, 0.29) is 25.2 Å². The van der Waals surface area contributed by atoms with Gasteiger partial charge < -0.3 is 20.5 Å². The first-order chi connectivity index (χ1) is 9.17. The minimum absolute atomic E-state index is 0.0862. The number of hydrogen-bond donors (Lipinski definition) is 3. The third-order valence-corrected chi connectivity index (χ3v) is 2.84. The van der Waals surface area contributed by atoms with Gasteiger partial charge in [-0.25, -0.2) is 4.79 Å². The Morgan fingerprint density at radius 1 is 1.42 bits per heavy atom. The first kappa shape index (κ1) is 15.8. The molecule has 19 heavy (non-hydrogen) atoms. The summed E-state index contributed by atoms with van der Waals surface area (Å²) in [5.74, 6) is 0. The average Bonchev–Trinajstić information content (AvgIpc) is 2.42. The Labute approximate surface area is 117 Å². The molecule has 0 saturated carbocycles. The van der Waals surface area contributed by atoms with E-state index in [0.29, 0.717) is 18.1 Å². The van der Waals surface area contributed by atoms with Gasteiger partial charge in [-0.15, -0.1) is 0 Å². The summed E-state index contributed by atoms with van der Waals surface area (Å²) in [5.41, 5.74) is 0.959. The van der Waals surface area contributed by atoms with Gasteiger partial charge in [-0.1, -0.05) is 23.7 Å². The Morgan fingerprint density at radius 2 is 2.11 bits per heavy atom. The lowest BCUT2D eigenvalue weighted by Crippen LogP contribution is -2.39. The summed E-state index contributed by atoms with van der Waals surface area (Å²) < 4.78 is 5.04. The molecule has 106 valence electrons. The molecule has 0 spiro atoms. The molecule has 3 N–H and O–H groups in total. The summed E-state index contributed by atoms with van der Waals surface area (Å²) in [5, 5.41) is 14.7. The summed E-state index contributed by atoms with van der Waals surface area (Å²) in [4.78, 5) is 11.6. The summed E-state index contributed by atoms with van der Waals surface area (Å²) in [6, 6.07) is 6.83. The van der Waals surface area contributed by atoms with Crippen LogP contribution < -0.4 is 10.6 Å². The van der Waals surface area contributed by atoms with Crippen molar-refractivity contribution in [2.75, 3.05) is 26.9 Å². The van der Waals surface area contributed by atoms with E-state index < -0.39 is 0 Å². The highest BCUT2D eigenvalue weighted by atomic mass is 35.5. The number of amides is 2. The lowest BCUT2D eigenvalue weighted by atomic mass is 10.0. The largest absolute Gasteiger partial charge is 0.395 e. The monoisotopic (exact) mass is 286 g/mol. The minimum Gasteiger partial charge on any atom is -0.395 e. The van der Waals surface area contributed by atoms with Gasteiger partial charge in [0.15, 0.2) is 0 Å². The number of rotatable bonds is 7. The molecule has 2 amide bonds. The quantitative estimate of drug-likeness (QED) is 0.715. The average molecular weight is 287 g/mol. The van der Waals surface area contributed by atoms with Crippen LogP contribution in [0.3, 0.4) is 0 Å². The molecule has 0 aliphatic heterocycles. The van der Waals surface area contributed by atoms with Crippen LogP contribution in [0.5, 0.6) is 0 Å². The number of carbonyl (C=O) groups excluding carboxylic acids is 1. The van der Waals surface area contributed by atoms with Crippen LogP contribution in [0.1, 0.15) is 18.0 Å². The molecule has 0 aromatic heterocycles. The third-order valence-electron chi connectivity index (χ3n) is 2.59. The normalized spacial score (nSPS) is 11.9.